The minimum Gasteiger partial charge on any atom is -0.479 e. The van der Waals surface area contributed by atoms with Gasteiger partial charge in [-0.25, -0.2) is 0 Å². The van der Waals surface area contributed by atoms with Gasteiger partial charge in [0, 0.05) is 12.6 Å². The molecule has 1 heterocycles. The molecule has 1 aromatic carbocycles. The second kappa shape index (κ2) is 6.78. The van der Waals surface area contributed by atoms with Crippen molar-refractivity contribution in [3.8, 4) is 5.75 Å². The van der Waals surface area contributed by atoms with Gasteiger partial charge in [0.25, 0.3) is 5.91 Å². The monoisotopic (exact) mass is 282 g/mol. The first kappa shape index (κ1) is 14.2. The molecule has 4 nitrogen and oxygen atoms in total. The predicted octanol–water partition coefficient (Wildman–Crippen LogP) is 1.98. The number of nitrogens with one attached hydrogen (secondary N) is 2. The van der Waals surface area contributed by atoms with Gasteiger partial charge in [-0.2, -0.15) is 0 Å². The number of carbonyl (C=O) groups excluding carboxylic acids is 1. The van der Waals surface area contributed by atoms with Crippen LogP contribution in [-0.2, 0) is 4.79 Å². The first-order chi connectivity index (χ1) is 9.20. The van der Waals surface area contributed by atoms with E-state index in [0.717, 1.165) is 19.5 Å². The Hall–Kier alpha value is -1.26. The Morgan fingerprint density at radius 1 is 1.58 bits per heavy atom. The maximum atomic E-state index is 12.1. The lowest BCUT2D eigenvalue weighted by atomic mass is 10.2. The quantitative estimate of drug-likeness (QED) is 0.868. The van der Waals surface area contributed by atoms with Crippen LogP contribution in [0, 0.1) is 0 Å². The zero-order chi connectivity index (χ0) is 13.7. The number of rotatable bonds is 5. The molecule has 2 N–H and O–H groups in total. The molecule has 19 heavy (non-hydrogen) atoms. The van der Waals surface area contributed by atoms with Crippen LogP contribution < -0.4 is 15.4 Å². The molecule has 104 valence electrons. The molecule has 2 rings (SSSR count). The number of hydrogen-bond acceptors (Lipinski definition) is 3. The zero-order valence-electron chi connectivity index (χ0n) is 11.0. The molecule has 0 aromatic heterocycles. The van der Waals surface area contributed by atoms with E-state index in [2.05, 4.69) is 10.6 Å². The van der Waals surface area contributed by atoms with E-state index in [1.165, 1.54) is 0 Å². The van der Waals surface area contributed by atoms with Gasteiger partial charge in [-0.15, -0.1) is 0 Å². The number of para-hydroxylation sites is 1. The molecular formula is C14H19ClN2O2. The van der Waals surface area contributed by atoms with E-state index in [1.54, 1.807) is 12.1 Å². The highest BCUT2D eigenvalue weighted by molar-refractivity contribution is 6.32. The molecule has 0 saturated carbocycles. The third-order valence-electron chi connectivity index (χ3n) is 3.18. The lowest BCUT2D eigenvalue weighted by Gasteiger charge is -2.20. The van der Waals surface area contributed by atoms with Crippen LogP contribution in [0.4, 0.5) is 0 Å². The lowest BCUT2D eigenvalue weighted by Crippen LogP contribution is -2.44. The SMILES string of the molecule is CCC(Oc1ccccc1Cl)C(=O)NC1CCNC1. The van der Waals surface area contributed by atoms with E-state index in [-0.39, 0.29) is 11.9 Å². The van der Waals surface area contributed by atoms with E-state index in [9.17, 15) is 4.79 Å². The summed E-state index contributed by atoms with van der Waals surface area (Å²) in [6.45, 7) is 3.70. The Labute approximate surface area is 118 Å². The van der Waals surface area contributed by atoms with Crippen LogP contribution in [0.2, 0.25) is 5.02 Å². The molecule has 1 amide bonds. The summed E-state index contributed by atoms with van der Waals surface area (Å²) in [6.07, 6.45) is 1.08. The molecule has 0 bridgehead atoms. The highest BCUT2D eigenvalue weighted by Gasteiger charge is 2.23. The smallest absolute Gasteiger partial charge is 0.261 e. The van der Waals surface area contributed by atoms with Crippen molar-refractivity contribution >= 4 is 17.5 Å². The molecule has 2 unspecified atom stereocenters. The molecule has 1 saturated heterocycles. The summed E-state index contributed by atoms with van der Waals surface area (Å²) in [5.74, 6) is 0.479. The van der Waals surface area contributed by atoms with E-state index in [0.29, 0.717) is 17.2 Å². The third kappa shape index (κ3) is 3.85. The van der Waals surface area contributed by atoms with Crippen molar-refractivity contribution in [2.75, 3.05) is 13.1 Å². The largest absolute Gasteiger partial charge is 0.479 e. The molecule has 1 aromatic rings. The molecule has 1 fully saturated rings. The van der Waals surface area contributed by atoms with Crippen LogP contribution in [0.5, 0.6) is 5.75 Å². The van der Waals surface area contributed by atoms with Gasteiger partial charge >= 0.3 is 0 Å². The van der Waals surface area contributed by atoms with E-state index < -0.39 is 6.10 Å². The van der Waals surface area contributed by atoms with Crippen molar-refractivity contribution in [3.63, 3.8) is 0 Å². The molecular weight excluding hydrogens is 264 g/mol. The summed E-state index contributed by atoms with van der Waals surface area (Å²) >= 11 is 6.03. The minimum atomic E-state index is -0.500. The van der Waals surface area contributed by atoms with Gasteiger partial charge in [0.05, 0.1) is 5.02 Å². The summed E-state index contributed by atoms with van der Waals surface area (Å²) in [7, 11) is 0. The fourth-order valence-electron chi connectivity index (χ4n) is 2.09. The number of halogens is 1. The fraction of sp³-hybridized carbons (Fsp3) is 0.500. The summed E-state index contributed by atoms with van der Waals surface area (Å²) in [6, 6.07) is 7.40. The fourth-order valence-corrected chi connectivity index (χ4v) is 2.27. The van der Waals surface area contributed by atoms with Crippen molar-refractivity contribution in [2.45, 2.75) is 31.9 Å². The Morgan fingerprint density at radius 2 is 2.37 bits per heavy atom. The van der Waals surface area contributed by atoms with Crippen LogP contribution in [0.15, 0.2) is 24.3 Å². The average molecular weight is 283 g/mol. The standard InChI is InChI=1S/C14H19ClN2O2/c1-2-12(14(18)17-10-7-8-16-9-10)19-13-6-4-3-5-11(13)15/h3-6,10,12,16H,2,7-9H2,1H3,(H,17,18). The van der Waals surface area contributed by atoms with Crippen LogP contribution >= 0.6 is 11.6 Å². The summed E-state index contributed by atoms with van der Waals surface area (Å²) in [5, 5.41) is 6.74. The summed E-state index contributed by atoms with van der Waals surface area (Å²) < 4.78 is 5.70. The average Bonchev–Trinajstić information content (AvgIpc) is 2.90. The van der Waals surface area contributed by atoms with E-state index in [4.69, 9.17) is 16.3 Å². The number of hydrogen-bond donors (Lipinski definition) is 2. The van der Waals surface area contributed by atoms with E-state index >= 15 is 0 Å². The van der Waals surface area contributed by atoms with Gasteiger partial charge in [0.1, 0.15) is 5.75 Å². The van der Waals surface area contributed by atoms with Gasteiger partial charge in [0.2, 0.25) is 0 Å². The minimum absolute atomic E-state index is 0.0730. The number of benzene rings is 1. The van der Waals surface area contributed by atoms with Crippen molar-refractivity contribution < 1.29 is 9.53 Å². The molecule has 1 aliphatic rings. The molecule has 2 atom stereocenters. The lowest BCUT2D eigenvalue weighted by molar-refractivity contribution is -0.128. The van der Waals surface area contributed by atoms with Crippen LogP contribution in [0.25, 0.3) is 0 Å². The number of amides is 1. The highest BCUT2D eigenvalue weighted by atomic mass is 35.5. The van der Waals surface area contributed by atoms with Crippen molar-refractivity contribution in [1.29, 1.82) is 0 Å². The Bertz CT molecular complexity index is 433. The third-order valence-corrected chi connectivity index (χ3v) is 3.49. The molecule has 5 heteroatoms. The Kier molecular flexibility index (Phi) is 5.05. The van der Waals surface area contributed by atoms with Gasteiger partial charge in [0.15, 0.2) is 6.10 Å². The first-order valence-corrected chi connectivity index (χ1v) is 7.00. The van der Waals surface area contributed by atoms with Crippen molar-refractivity contribution in [3.05, 3.63) is 29.3 Å². The van der Waals surface area contributed by atoms with Gasteiger partial charge < -0.3 is 15.4 Å². The van der Waals surface area contributed by atoms with Crippen LogP contribution in [0.3, 0.4) is 0 Å². The van der Waals surface area contributed by atoms with Crippen LogP contribution in [0.1, 0.15) is 19.8 Å². The molecule has 0 aliphatic carbocycles. The summed E-state index contributed by atoms with van der Waals surface area (Å²) in [5.41, 5.74) is 0. The van der Waals surface area contributed by atoms with Crippen LogP contribution in [-0.4, -0.2) is 31.1 Å². The van der Waals surface area contributed by atoms with Gasteiger partial charge in [-0.1, -0.05) is 30.7 Å². The molecule has 1 aliphatic heterocycles. The van der Waals surface area contributed by atoms with Gasteiger partial charge in [-0.05, 0) is 31.5 Å². The predicted molar refractivity (Wildman–Crippen MR) is 75.6 cm³/mol. The highest BCUT2D eigenvalue weighted by Crippen LogP contribution is 2.24. The second-order valence-corrected chi connectivity index (χ2v) is 5.05. The molecule has 0 spiro atoms. The zero-order valence-corrected chi connectivity index (χ0v) is 11.7. The maximum absolute atomic E-state index is 12.1. The topological polar surface area (TPSA) is 50.4 Å². The first-order valence-electron chi connectivity index (χ1n) is 6.63. The second-order valence-electron chi connectivity index (χ2n) is 4.64. The molecule has 0 radical (unpaired) electrons. The van der Waals surface area contributed by atoms with Crippen molar-refractivity contribution in [2.24, 2.45) is 0 Å². The normalized spacial score (nSPS) is 20.0. The Balaban J connectivity index is 1.95. The number of ether oxygens (including phenoxy) is 1. The maximum Gasteiger partial charge on any atom is 0.261 e. The summed E-state index contributed by atoms with van der Waals surface area (Å²) in [4.78, 5) is 12.1. The van der Waals surface area contributed by atoms with Crippen molar-refractivity contribution in [1.82, 2.24) is 10.6 Å². The van der Waals surface area contributed by atoms with Gasteiger partial charge in [-0.3, -0.25) is 4.79 Å². The Morgan fingerprint density at radius 3 is 3.00 bits per heavy atom. The van der Waals surface area contributed by atoms with E-state index in [1.807, 2.05) is 19.1 Å². The number of carbonyl (C=O) groups is 1.